The number of allylic oxidation sites excluding steroid dienone is 3. The second-order valence-electron chi connectivity index (χ2n) is 13.8. The minimum Gasteiger partial charge on any atom is -0.387 e. The molecule has 0 spiro atoms. The van der Waals surface area contributed by atoms with Crippen LogP contribution in [-0.2, 0) is 0 Å². The van der Waals surface area contributed by atoms with Gasteiger partial charge in [-0.2, -0.15) is 29.8 Å². The number of aromatic nitrogens is 3. The van der Waals surface area contributed by atoms with Gasteiger partial charge in [0.15, 0.2) is 17.5 Å². The molecule has 0 bridgehead atoms. The maximum atomic E-state index is 5.10. The van der Waals surface area contributed by atoms with Gasteiger partial charge in [-0.25, -0.2) is 26.1 Å². The molecule has 0 amide bonds. The first kappa shape index (κ1) is 39.3. The van der Waals surface area contributed by atoms with Crippen LogP contribution in [-0.4, -0.2) is 27.2 Å². The van der Waals surface area contributed by atoms with Gasteiger partial charge in [0.2, 0.25) is 0 Å². The summed E-state index contributed by atoms with van der Waals surface area (Å²) in [6.45, 7) is 7.08. The molecule has 0 aliphatic carbocycles. The molecule has 57 heavy (non-hydrogen) atoms. The molecule has 0 saturated heterocycles. The number of nitrogens with zero attached hydrogens (tertiary/aromatic N) is 4. The molecule has 274 valence electrons. The van der Waals surface area contributed by atoms with Gasteiger partial charge in [-0.3, -0.25) is 4.99 Å². The molecular formula is C51H41N5U. The molecule has 0 atom stereocenters. The van der Waals surface area contributed by atoms with Crippen LogP contribution in [0.2, 0.25) is 0 Å². The van der Waals surface area contributed by atoms with Gasteiger partial charge in [-0.15, -0.1) is 23.8 Å². The van der Waals surface area contributed by atoms with Crippen LogP contribution in [0.15, 0.2) is 169 Å². The smallest absolute Gasteiger partial charge is 0.387 e. The number of dihydropyridines is 1. The number of para-hydroxylation sites is 1. The summed E-state index contributed by atoms with van der Waals surface area (Å²) in [6.07, 6.45) is 10.7. The second kappa shape index (κ2) is 18.3. The van der Waals surface area contributed by atoms with E-state index in [2.05, 4.69) is 111 Å². The van der Waals surface area contributed by atoms with Gasteiger partial charge in [0.05, 0.1) is 5.69 Å². The molecule has 0 saturated carbocycles. The summed E-state index contributed by atoms with van der Waals surface area (Å²) in [4.78, 5) is 20.2. The SMILES string of the molecule is CCC(=Nc1ccccc1C)c1ccccc1[C-]=C(C)c1[c-]ccc(-c2cc(C3=CC=CNC3)cc(-c3nc(-c4ccccc4)nc(-c4ccccc4)n3)c2)c1.[U+2]. The molecule has 2 heterocycles. The first-order valence-electron chi connectivity index (χ1n) is 19.0. The van der Waals surface area contributed by atoms with Crippen molar-refractivity contribution in [1.29, 1.82) is 0 Å². The third kappa shape index (κ3) is 9.21. The molecule has 1 N–H and O–H groups in total. The van der Waals surface area contributed by atoms with Crippen molar-refractivity contribution in [3.05, 3.63) is 204 Å². The van der Waals surface area contributed by atoms with E-state index in [1.165, 1.54) is 5.57 Å². The van der Waals surface area contributed by atoms with Gasteiger partial charge in [0.1, 0.15) is 0 Å². The molecule has 1 aromatic heterocycles. The normalized spacial score (nSPS) is 12.7. The predicted octanol–water partition coefficient (Wildman–Crippen LogP) is 11.9. The van der Waals surface area contributed by atoms with Crippen LogP contribution in [0.4, 0.5) is 5.69 Å². The van der Waals surface area contributed by atoms with Crippen molar-refractivity contribution in [1.82, 2.24) is 20.3 Å². The summed E-state index contributed by atoms with van der Waals surface area (Å²) < 4.78 is 0. The zero-order chi connectivity index (χ0) is 38.3. The van der Waals surface area contributed by atoms with Gasteiger partial charge in [-0.1, -0.05) is 116 Å². The van der Waals surface area contributed by atoms with Gasteiger partial charge in [0, 0.05) is 28.9 Å². The average molecular weight is 962 g/mol. The number of aliphatic imine (C=N–C) groups is 1. The van der Waals surface area contributed by atoms with Crippen LogP contribution in [0.5, 0.6) is 0 Å². The predicted molar refractivity (Wildman–Crippen MR) is 231 cm³/mol. The number of rotatable bonds is 10. The van der Waals surface area contributed by atoms with Crippen molar-refractivity contribution in [3.8, 4) is 45.3 Å². The zero-order valence-corrected chi connectivity index (χ0v) is 36.5. The van der Waals surface area contributed by atoms with Crippen molar-refractivity contribution in [2.45, 2.75) is 27.2 Å². The van der Waals surface area contributed by atoms with Gasteiger partial charge in [0.25, 0.3) is 0 Å². The molecule has 1 aliphatic heterocycles. The molecule has 0 unspecified atom stereocenters. The molecular weight excluding hydrogens is 921 g/mol. The molecule has 5 nitrogen and oxygen atoms in total. The first-order chi connectivity index (χ1) is 27.5. The molecule has 1 aliphatic rings. The summed E-state index contributed by atoms with van der Waals surface area (Å²) in [6, 6.07) is 53.2. The van der Waals surface area contributed by atoms with Crippen LogP contribution >= 0.6 is 0 Å². The van der Waals surface area contributed by atoms with Gasteiger partial charge >= 0.3 is 31.1 Å². The van der Waals surface area contributed by atoms with Gasteiger partial charge < -0.3 is 5.32 Å². The summed E-state index contributed by atoms with van der Waals surface area (Å²) in [5.41, 5.74) is 14.4. The molecule has 6 aromatic carbocycles. The second-order valence-corrected chi connectivity index (χ2v) is 13.8. The fourth-order valence-corrected chi connectivity index (χ4v) is 6.84. The fourth-order valence-electron chi connectivity index (χ4n) is 6.84. The van der Waals surface area contributed by atoms with E-state index in [0.717, 1.165) is 85.6 Å². The Balaban J connectivity index is 0.00000496. The summed E-state index contributed by atoms with van der Waals surface area (Å²) >= 11 is 0. The maximum absolute atomic E-state index is 5.10. The van der Waals surface area contributed by atoms with E-state index in [1.807, 2.05) is 91.1 Å². The quantitative estimate of drug-likeness (QED) is 0.0843. The topological polar surface area (TPSA) is 63.1 Å². The van der Waals surface area contributed by atoms with Crippen LogP contribution in [0, 0.1) is 50.2 Å². The Morgan fingerprint density at radius 2 is 1.30 bits per heavy atom. The van der Waals surface area contributed by atoms with Crippen LogP contribution < -0.4 is 5.32 Å². The Hall–Kier alpha value is -5.93. The van der Waals surface area contributed by atoms with Crippen molar-refractivity contribution >= 4 is 22.5 Å². The third-order valence-electron chi connectivity index (χ3n) is 9.87. The monoisotopic (exact) mass is 961 g/mol. The summed E-state index contributed by atoms with van der Waals surface area (Å²) in [7, 11) is 0. The number of hydrogen-bond donors (Lipinski definition) is 1. The molecule has 0 fully saturated rings. The number of aryl methyl sites for hydroxylation is 1. The van der Waals surface area contributed by atoms with E-state index < -0.39 is 0 Å². The van der Waals surface area contributed by atoms with Crippen LogP contribution in [0.1, 0.15) is 48.1 Å². The standard InChI is InChI=1S/C51H41N5.U/c1-4-47(53-48-27-14-11-17-35(48)2)46-26-13-12-22-41(46)29-36(3)39-23-15-24-40(30-39)43-31-44(42-25-16-28-52-34-42)33-45(32-43)51-55-49(37-18-7-5-8-19-37)54-50(56-51)38-20-9-6-10-21-38;/h5-22,24-28,30-33,52H,4,34H2,1-3H3;/q-2;+2. The minimum atomic E-state index is 0. The number of benzene rings is 6. The van der Waals surface area contributed by atoms with Crippen molar-refractivity contribution in [2.75, 3.05) is 6.54 Å². The Morgan fingerprint density at radius 1 is 0.684 bits per heavy atom. The fraction of sp³-hybridized carbons (Fsp3) is 0.0980. The van der Waals surface area contributed by atoms with Crippen LogP contribution in [0.25, 0.3) is 56.4 Å². The van der Waals surface area contributed by atoms with Crippen molar-refractivity contribution in [2.24, 2.45) is 4.99 Å². The van der Waals surface area contributed by atoms with Crippen molar-refractivity contribution < 1.29 is 31.1 Å². The molecule has 8 rings (SSSR count). The largest absolute Gasteiger partial charge is 2.00 e. The Bertz CT molecular complexity index is 2580. The Morgan fingerprint density at radius 3 is 1.96 bits per heavy atom. The van der Waals surface area contributed by atoms with E-state index in [9.17, 15) is 0 Å². The van der Waals surface area contributed by atoms with Crippen molar-refractivity contribution in [3.63, 3.8) is 0 Å². The minimum absolute atomic E-state index is 0. The summed E-state index contributed by atoms with van der Waals surface area (Å²) in [5.74, 6) is 1.88. The zero-order valence-electron chi connectivity index (χ0n) is 32.3. The number of hydrogen-bond acceptors (Lipinski definition) is 5. The maximum Gasteiger partial charge on any atom is 2.00 e. The molecule has 6 heteroatoms. The number of nitrogens with one attached hydrogen (secondary N) is 1. The summed E-state index contributed by atoms with van der Waals surface area (Å²) in [5, 5.41) is 3.38. The van der Waals surface area contributed by atoms with Gasteiger partial charge in [-0.05, 0) is 72.1 Å². The van der Waals surface area contributed by atoms with E-state index in [1.54, 1.807) is 0 Å². The average Bonchev–Trinajstić information content (AvgIpc) is 3.27. The Labute approximate surface area is 359 Å². The molecule has 7 aromatic rings. The van der Waals surface area contributed by atoms with E-state index in [4.69, 9.17) is 19.9 Å². The van der Waals surface area contributed by atoms with E-state index in [0.29, 0.717) is 17.5 Å². The Kier molecular flexibility index (Phi) is 12.7. The van der Waals surface area contributed by atoms with E-state index in [-0.39, 0.29) is 31.1 Å². The van der Waals surface area contributed by atoms with E-state index >= 15 is 0 Å². The third-order valence-corrected chi connectivity index (χ3v) is 9.87. The van der Waals surface area contributed by atoms with Crippen LogP contribution in [0.3, 0.4) is 0 Å². The first-order valence-corrected chi connectivity index (χ1v) is 19.0. The molecule has 0 radical (unpaired) electrons.